The molecule has 156 valence electrons. The number of halogens is 4. The van der Waals surface area contributed by atoms with Crippen LogP contribution in [0.15, 0.2) is 34.8 Å². The van der Waals surface area contributed by atoms with Gasteiger partial charge in [0.2, 0.25) is 0 Å². The molecule has 0 aromatic heterocycles. The molecule has 2 N–H and O–H groups in total. The Balaban J connectivity index is 0.00000392. The van der Waals surface area contributed by atoms with E-state index in [2.05, 4.69) is 21.2 Å². The highest BCUT2D eigenvalue weighted by Crippen LogP contribution is 2.38. The number of hydrogen-bond donors (Lipinski definition) is 2. The normalized spacial score (nSPS) is 11.6. The largest absolute Gasteiger partial charge is 0.490 e. The molecule has 0 amide bonds. The van der Waals surface area contributed by atoms with Crippen molar-refractivity contribution in [2.45, 2.75) is 39.5 Å². The Morgan fingerprint density at radius 1 is 1.14 bits per heavy atom. The van der Waals surface area contributed by atoms with Crippen molar-refractivity contribution in [3.63, 3.8) is 0 Å². The third-order valence-corrected chi connectivity index (χ3v) is 5.24. The number of rotatable bonds is 10. The van der Waals surface area contributed by atoms with Crippen molar-refractivity contribution in [1.82, 2.24) is 5.32 Å². The van der Waals surface area contributed by atoms with Gasteiger partial charge in [-0.25, -0.2) is 0 Å². The van der Waals surface area contributed by atoms with Crippen LogP contribution in [0.5, 0.6) is 11.5 Å². The van der Waals surface area contributed by atoms with Gasteiger partial charge in [0.05, 0.1) is 17.7 Å². The lowest BCUT2D eigenvalue weighted by atomic mass is 10.1. The van der Waals surface area contributed by atoms with Crippen LogP contribution in [0.3, 0.4) is 0 Å². The van der Waals surface area contributed by atoms with E-state index in [-0.39, 0.29) is 25.1 Å². The number of aliphatic hydroxyl groups is 1. The Hall–Kier alpha value is -0.690. The van der Waals surface area contributed by atoms with Gasteiger partial charge in [-0.2, -0.15) is 0 Å². The van der Waals surface area contributed by atoms with Gasteiger partial charge in [-0.15, -0.1) is 12.4 Å². The van der Waals surface area contributed by atoms with Crippen LogP contribution in [0, 0.1) is 0 Å². The van der Waals surface area contributed by atoms with Crippen molar-refractivity contribution in [1.29, 1.82) is 0 Å². The summed E-state index contributed by atoms with van der Waals surface area (Å²) in [5.74, 6) is 1.28. The van der Waals surface area contributed by atoms with E-state index >= 15 is 0 Å². The molecule has 0 spiro atoms. The molecule has 1 atom stereocenters. The van der Waals surface area contributed by atoms with E-state index in [9.17, 15) is 5.11 Å². The lowest BCUT2D eigenvalue weighted by molar-refractivity contribution is 0.238. The van der Waals surface area contributed by atoms with Crippen LogP contribution < -0.4 is 14.8 Å². The van der Waals surface area contributed by atoms with Crippen LogP contribution in [0.4, 0.5) is 0 Å². The molecule has 0 aliphatic rings. The summed E-state index contributed by atoms with van der Waals surface area (Å²) < 4.78 is 12.6. The van der Waals surface area contributed by atoms with Crippen molar-refractivity contribution in [2.75, 3.05) is 13.2 Å². The second-order valence-electron chi connectivity index (χ2n) is 6.03. The fraction of sp³-hybridized carbons (Fsp3) is 0.400. The van der Waals surface area contributed by atoms with Gasteiger partial charge < -0.3 is 19.9 Å². The standard InChI is InChI=1S/C20H24BrCl2NO3.ClH/c1-3-16(11-25)24-10-13-7-17(21)20(19(8-13)26-4-2)27-12-14-5-6-15(22)9-18(14)23;/h5-9,16,24-25H,3-4,10-12H2,1-2H3;1H. The van der Waals surface area contributed by atoms with Crippen LogP contribution in [-0.4, -0.2) is 24.4 Å². The molecule has 0 aliphatic carbocycles. The maximum absolute atomic E-state index is 9.32. The average Bonchev–Trinajstić information content (AvgIpc) is 2.63. The summed E-state index contributed by atoms with van der Waals surface area (Å²) in [6.07, 6.45) is 0.860. The molecule has 2 rings (SSSR count). The first-order valence-corrected chi connectivity index (χ1v) is 10.4. The second-order valence-corrected chi connectivity index (χ2v) is 7.73. The number of ether oxygens (including phenoxy) is 2. The van der Waals surface area contributed by atoms with E-state index in [1.807, 2.05) is 32.0 Å². The van der Waals surface area contributed by atoms with Gasteiger partial charge in [0.25, 0.3) is 0 Å². The predicted octanol–water partition coefficient (Wildman–Crippen LogP) is 6.02. The van der Waals surface area contributed by atoms with Crippen molar-refractivity contribution in [3.05, 3.63) is 56.0 Å². The first kappa shape index (κ1) is 25.3. The highest BCUT2D eigenvalue weighted by atomic mass is 79.9. The molecule has 0 saturated carbocycles. The molecule has 1 unspecified atom stereocenters. The lowest BCUT2D eigenvalue weighted by Gasteiger charge is -2.18. The fourth-order valence-corrected chi connectivity index (χ4v) is 3.58. The molecule has 2 aromatic carbocycles. The number of hydrogen-bond acceptors (Lipinski definition) is 4. The minimum Gasteiger partial charge on any atom is -0.490 e. The molecule has 0 bridgehead atoms. The molecule has 0 fully saturated rings. The Kier molecular flexibility index (Phi) is 11.6. The van der Waals surface area contributed by atoms with Crippen molar-refractivity contribution < 1.29 is 14.6 Å². The molecule has 4 nitrogen and oxygen atoms in total. The number of aliphatic hydroxyl groups excluding tert-OH is 1. The van der Waals surface area contributed by atoms with Gasteiger partial charge in [-0.3, -0.25) is 0 Å². The Bertz CT molecular complexity index is 758. The van der Waals surface area contributed by atoms with Crippen LogP contribution in [0.1, 0.15) is 31.4 Å². The molecule has 8 heteroatoms. The minimum atomic E-state index is 0. The van der Waals surface area contributed by atoms with Crippen LogP contribution in [0.25, 0.3) is 0 Å². The highest BCUT2D eigenvalue weighted by molar-refractivity contribution is 9.10. The smallest absolute Gasteiger partial charge is 0.175 e. The molecule has 28 heavy (non-hydrogen) atoms. The van der Waals surface area contributed by atoms with E-state index in [1.54, 1.807) is 12.1 Å². The van der Waals surface area contributed by atoms with Crippen LogP contribution >= 0.6 is 51.5 Å². The van der Waals surface area contributed by atoms with Gasteiger partial charge in [-0.05, 0) is 59.1 Å². The van der Waals surface area contributed by atoms with Gasteiger partial charge >= 0.3 is 0 Å². The van der Waals surface area contributed by atoms with Crippen LogP contribution in [-0.2, 0) is 13.2 Å². The van der Waals surface area contributed by atoms with E-state index in [1.165, 1.54) is 0 Å². The third kappa shape index (κ3) is 7.29. The molecule has 0 aliphatic heterocycles. The van der Waals surface area contributed by atoms with Gasteiger partial charge in [0, 0.05) is 28.2 Å². The zero-order valence-corrected chi connectivity index (χ0v) is 19.7. The van der Waals surface area contributed by atoms with Crippen molar-refractivity contribution in [3.8, 4) is 11.5 Å². The van der Waals surface area contributed by atoms with Gasteiger partial charge in [0.15, 0.2) is 11.5 Å². The number of nitrogens with one attached hydrogen (secondary N) is 1. The monoisotopic (exact) mass is 511 g/mol. The maximum Gasteiger partial charge on any atom is 0.175 e. The zero-order chi connectivity index (χ0) is 19.8. The second kappa shape index (κ2) is 12.8. The molecular formula is C20H25BrCl3NO3. The summed E-state index contributed by atoms with van der Waals surface area (Å²) in [5, 5.41) is 13.8. The summed E-state index contributed by atoms with van der Waals surface area (Å²) in [6.45, 7) is 5.52. The maximum atomic E-state index is 9.32. The summed E-state index contributed by atoms with van der Waals surface area (Å²) in [5.41, 5.74) is 1.88. The zero-order valence-electron chi connectivity index (χ0n) is 15.8. The summed E-state index contributed by atoms with van der Waals surface area (Å²) in [6, 6.07) is 9.33. The lowest BCUT2D eigenvalue weighted by Crippen LogP contribution is -2.31. The first-order chi connectivity index (χ1) is 13.0. The van der Waals surface area contributed by atoms with E-state index in [0.717, 1.165) is 22.0 Å². The van der Waals surface area contributed by atoms with Crippen molar-refractivity contribution >= 4 is 51.5 Å². The van der Waals surface area contributed by atoms with Crippen LogP contribution in [0.2, 0.25) is 10.0 Å². The van der Waals surface area contributed by atoms with Crippen molar-refractivity contribution in [2.24, 2.45) is 0 Å². The topological polar surface area (TPSA) is 50.7 Å². The quantitative estimate of drug-likeness (QED) is 0.408. The van der Waals surface area contributed by atoms with E-state index in [0.29, 0.717) is 41.3 Å². The summed E-state index contributed by atoms with van der Waals surface area (Å²) >= 11 is 15.7. The fourth-order valence-electron chi connectivity index (χ4n) is 2.52. The molecule has 0 heterocycles. The molecular weight excluding hydrogens is 488 g/mol. The molecule has 0 saturated heterocycles. The van der Waals surface area contributed by atoms with E-state index < -0.39 is 0 Å². The Morgan fingerprint density at radius 3 is 2.50 bits per heavy atom. The van der Waals surface area contributed by atoms with Gasteiger partial charge in [0.1, 0.15) is 6.61 Å². The van der Waals surface area contributed by atoms with E-state index in [4.69, 9.17) is 32.7 Å². The minimum absolute atomic E-state index is 0. The summed E-state index contributed by atoms with van der Waals surface area (Å²) in [7, 11) is 0. The third-order valence-electron chi connectivity index (χ3n) is 4.06. The highest BCUT2D eigenvalue weighted by Gasteiger charge is 2.14. The predicted molar refractivity (Wildman–Crippen MR) is 121 cm³/mol. The molecule has 2 aromatic rings. The number of benzene rings is 2. The molecule has 0 radical (unpaired) electrons. The van der Waals surface area contributed by atoms with Gasteiger partial charge in [-0.1, -0.05) is 36.2 Å². The summed E-state index contributed by atoms with van der Waals surface area (Å²) in [4.78, 5) is 0. The first-order valence-electron chi connectivity index (χ1n) is 8.84. The SMILES string of the molecule is CCOc1cc(CNC(CC)CO)cc(Br)c1OCc1ccc(Cl)cc1Cl.Cl. The Morgan fingerprint density at radius 2 is 1.89 bits per heavy atom. The average molecular weight is 514 g/mol. The Labute approximate surface area is 191 Å².